The van der Waals surface area contributed by atoms with Gasteiger partial charge < -0.3 is 16.0 Å². The maximum Gasteiger partial charge on any atom is 0.270 e. The van der Waals surface area contributed by atoms with Crippen LogP contribution in [0.25, 0.3) is 11.8 Å². The van der Waals surface area contributed by atoms with E-state index in [-0.39, 0.29) is 29.1 Å². The van der Waals surface area contributed by atoms with Gasteiger partial charge in [-0.3, -0.25) is 23.9 Å². The number of thiazole rings is 1. The van der Waals surface area contributed by atoms with Crippen molar-refractivity contribution < 1.29 is 9.59 Å². The first-order chi connectivity index (χ1) is 16.0. The molecular formula is C23H31N7O3S. The molecule has 2 rings (SSSR count). The third-order valence-electron chi connectivity index (χ3n) is 5.01. The SMILES string of the molecule is CCNC(=O)C(C#N)=c1sc(=CNc2cccc(NC(=O)CN(C)C(C)(C)C)n2)c(=O)n1CC. The number of nitrogens with zero attached hydrogens (tertiary/aromatic N) is 4. The Labute approximate surface area is 202 Å². The molecule has 0 saturated carbocycles. The Morgan fingerprint density at radius 3 is 2.53 bits per heavy atom. The highest BCUT2D eigenvalue weighted by molar-refractivity contribution is 7.07. The molecule has 10 nitrogen and oxygen atoms in total. The molecule has 0 saturated heterocycles. The van der Waals surface area contributed by atoms with E-state index >= 15 is 0 Å². The van der Waals surface area contributed by atoms with Crippen LogP contribution in [0.5, 0.6) is 0 Å². The number of rotatable bonds is 8. The van der Waals surface area contributed by atoms with E-state index in [1.54, 1.807) is 32.0 Å². The van der Waals surface area contributed by atoms with Gasteiger partial charge in [0, 0.05) is 24.8 Å². The molecule has 2 aromatic heterocycles. The predicted octanol–water partition coefficient (Wildman–Crippen LogP) is 0.654. The van der Waals surface area contributed by atoms with Crippen molar-refractivity contribution in [3.05, 3.63) is 37.7 Å². The summed E-state index contributed by atoms with van der Waals surface area (Å²) in [5, 5.41) is 17.8. The minimum Gasteiger partial charge on any atom is -0.352 e. The molecule has 182 valence electrons. The van der Waals surface area contributed by atoms with E-state index in [4.69, 9.17) is 0 Å². The van der Waals surface area contributed by atoms with Gasteiger partial charge in [0.25, 0.3) is 11.5 Å². The lowest BCUT2D eigenvalue weighted by atomic mass is 10.1. The Morgan fingerprint density at radius 2 is 1.94 bits per heavy atom. The van der Waals surface area contributed by atoms with Crippen LogP contribution in [0, 0.1) is 11.3 Å². The molecule has 11 heteroatoms. The normalized spacial score (nSPS) is 12.8. The molecule has 0 spiro atoms. The summed E-state index contributed by atoms with van der Waals surface area (Å²) in [7, 11) is 1.87. The number of anilines is 2. The molecule has 0 aromatic carbocycles. The van der Waals surface area contributed by atoms with Gasteiger partial charge >= 0.3 is 0 Å². The van der Waals surface area contributed by atoms with E-state index < -0.39 is 5.91 Å². The number of carbonyl (C=O) groups is 2. The Hall–Kier alpha value is -3.49. The fourth-order valence-electron chi connectivity index (χ4n) is 2.80. The van der Waals surface area contributed by atoms with Crippen molar-refractivity contribution in [3.63, 3.8) is 0 Å². The molecule has 0 aliphatic heterocycles. The summed E-state index contributed by atoms with van der Waals surface area (Å²) in [6.07, 6.45) is 1.48. The minimum absolute atomic E-state index is 0.103. The van der Waals surface area contributed by atoms with E-state index in [0.717, 1.165) is 11.3 Å². The number of pyridine rings is 1. The third-order valence-corrected chi connectivity index (χ3v) is 6.14. The second kappa shape index (κ2) is 11.6. The maximum atomic E-state index is 12.8. The van der Waals surface area contributed by atoms with Gasteiger partial charge in [0.1, 0.15) is 26.9 Å². The van der Waals surface area contributed by atoms with E-state index in [1.165, 1.54) is 10.8 Å². The Morgan fingerprint density at radius 1 is 1.26 bits per heavy atom. The van der Waals surface area contributed by atoms with Crippen LogP contribution in [0.1, 0.15) is 34.6 Å². The van der Waals surface area contributed by atoms with E-state index in [0.29, 0.717) is 33.9 Å². The summed E-state index contributed by atoms with van der Waals surface area (Å²) in [5.41, 5.74) is -0.566. The summed E-state index contributed by atoms with van der Waals surface area (Å²) in [6, 6.07) is 7.01. The van der Waals surface area contributed by atoms with Gasteiger partial charge in [0.05, 0.1) is 6.54 Å². The van der Waals surface area contributed by atoms with Crippen LogP contribution in [-0.2, 0) is 16.1 Å². The fraction of sp³-hybridized carbons (Fsp3) is 0.435. The fourth-order valence-corrected chi connectivity index (χ4v) is 3.88. The number of hydrogen-bond donors (Lipinski definition) is 3. The summed E-state index contributed by atoms with van der Waals surface area (Å²) >= 11 is 1.05. The molecule has 2 amide bonds. The standard InChI is InChI=1S/C23H31N7O3S/c1-7-25-20(32)15(12-24)22-30(8-2)21(33)16(34-22)13-26-17-10-9-11-18(27-17)28-19(31)14-29(6)23(3,4)5/h9-11,13H,7-8,14H2,1-6H3,(H,25,32)(H2,26,27,28,31). The molecule has 0 unspecified atom stereocenters. The first kappa shape index (κ1) is 26.8. The summed E-state index contributed by atoms with van der Waals surface area (Å²) in [5.74, 6) is 0.0901. The van der Waals surface area contributed by atoms with Gasteiger partial charge in [-0.15, -0.1) is 11.3 Å². The Kier molecular flexibility index (Phi) is 9.11. The first-order valence-corrected chi connectivity index (χ1v) is 11.7. The predicted molar refractivity (Wildman–Crippen MR) is 135 cm³/mol. The van der Waals surface area contributed by atoms with Gasteiger partial charge in [-0.25, -0.2) is 4.98 Å². The molecule has 0 fully saturated rings. The molecule has 0 aliphatic carbocycles. The highest BCUT2D eigenvalue weighted by Gasteiger charge is 2.19. The topological polar surface area (TPSA) is 132 Å². The van der Waals surface area contributed by atoms with Gasteiger partial charge in [0.2, 0.25) is 5.91 Å². The van der Waals surface area contributed by atoms with Crippen molar-refractivity contribution in [2.75, 3.05) is 30.8 Å². The van der Waals surface area contributed by atoms with Crippen molar-refractivity contribution in [1.29, 1.82) is 5.26 Å². The van der Waals surface area contributed by atoms with Gasteiger partial charge in [-0.2, -0.15) is 5.26 Å². The minimum atomic E-state index is -0.518. The molecule has 0 bridgehead atoms. The third kappa shape index (κ3) is 6.76. The van der Waals surface area contributed by atoms with Gasteiger partial charge in [-0.1, -0.05) is 6.07 Å². The molecule has 0 aliphatic rings. The first-order valence-electron chi connectivity index (χ1n) is 10.9. The van der Waals surface area contributed by atoms with Crippen LogP contribution in [0.4, 0.5) is 11.6 Å². The lowest BCUT2D eigenvalue weighted by molar-refractivity contribution is -0.118. The maximum absolute atomic E-state index is 12.8. The number of hydrogen-bond acceptors (Lipinski definition) is 8. The molecule has 0 atom stereocenters. The number of aromatic nitrogens is 2. The zero-order valence-corrected chi connectivity index (χ0v) is 21.2. The average molecular weight is 486 g/mol. The molecule has 2 heterocycles. The zero-order chi connectivity index (χ0) is 25.5. The summed E-state index contributed by atoms with van der Waals surface area (Å²) in [6.45, 7) is 10.5. The largest absolute Gasteiger partial charge is 0.352 e. The van der Waals surface area contributed by atoms with Crippen LogP contribution in [-0.4, -0.2) is 51.9 Å². The average Bonchev–Trinajstić information content (AvgIpc) is 3.07. The Balaban J connectivity index is 2.31. The molecule has 2 aromatic rings. The molecule has 3 N–H and O–H groups in total. The van der Waals surface area contributed by atoms with Crippen LogP contribution < -0.4 is 30.7 Å². The smallest absolute Gasteiger partial charge is 0.270 e. The summed E-state index contributed by atoms with van der Waals surface area (Å²) < 4.78 is 2.00. The van der Waals surface area contributed by atoms with Gasteiger partial charge in [-0.05, 0) is 53.8 Å². The highest BCUT2D eigenvalue weighted by atomic mass is 32.1. The van der Waals surface area contributed by atoms with Crippen molar-refractivity contribution in [2.45, 2.75) is 46.7 Å². The van der Waals surface area contributed by atoms with Crippen molar-refractivity contribution in [1.82, 2.24) is 19.8 Å². The number of likely N-dealkylation sites (N-methyl/N-ethyl adjacent to an activating group) is 1. The van der Waals surface area contributed by atoms with Gasteiger partial charge in [0.15, 0.2) is 5.57 Å². The second-order valence-corrected chi connectivity index (χ2v) is 9.47. The quantitative estimate of drug-likeness (QED) is 0.500. The molecular weight excluding hydrogens is 454 g/mol. The van der Waals surface area contributed by atoms with Crippen LogP contribution in [0.2, 0.25) is 0 Å². The zero-order valence-electron chi connectivity index (χ0n) is 20.4. The van der Waals surface area contributed by atoms with E-state index in [2.05, 4.69) is 20.9 Å². The van der Waals surface area contributed by atoms with Crippen LogP contribution >= 0.6 is 11.3 Å². The number of amides is 2. The second-order valence-electron chi connectivity index (χ2n) is 8.44. The number of carbonyl (C=O) groups excluding carboxylic acids is 2. The van der Waals surface area contributed by atoms with Crippen LogP contribution in [0.15, 0.2) is 23.0 Å². The van der Waals surface area contributed by atoms with Crippen molar-refractivity contribution in [2.24, 2.45) is 0 Å². The van der Waals surface area contributed by atoms with E-state index in [1.807, 2.05) is 38.8 Å². The van der Waals surface area contributed by atoms with Crippen molar-refractivity contribution in [3.8, 4) is 6.07 Å². The number of nitriles is 1. The highest BCUT2D eigenvalue weighted by Crippen LogP contribution is 2.12. The molecule has 0 radical (unpaired) electrons. The lowest BCUT2D eigenvalue weighted by Gasteiger charge is -2.31. The van der Waals surface area contributed by atoms with Crippen LogP contribution in [0.3, 0.4) is 0 Å². The summed E-state index contributed by atoms with van der Waals surface area (Å²) in [4.78, 5) is 43.7. The van der Waals surface area contributed by atoms with E-state index in [9.17, 15) is 19.6 Å². The number of nitrogens with one attached hydrogen (secondary N) is 3. The lowest BCUT2D eigenvalue weighted by Crippen LogP contribution is -2.42. The Bertz CT molecular complexity index is 1270. The monoisotopic (exact) mass is 485 g/mol. The molecule has 34 heavy (non-hydrogen) atoms. The van der Waals surface area contributed by atoms with Crippen molar-refractivity contribution >= 4 is 46.6 Å².